The predicted molar refractivity (Wildman–Crippen MR) is 396 cm³/mol. The first kappa shape index (κ1) is 89.1. The Labute approximate surface area is 598 Å². The van der Waals surface area contributed by atoms with E-state index in [1.54, 1.807) is 6.08 Å². The summed E-state index contributed by atoms with van der Waals surface area (Å²) >= 11 is 0. The highest BCUT2D eigenvalue weighted by molar-refractivity contribution is 5.76. The normalized spacial score (nSPS) is 27.6. The van der Waals surface area contributed by atoms with Crippen LogP contribution in [-0.2, 0) is 33.2 Å². The molecule has 17 atom stereocenters. The van der Waals surface area contributed by atoms with Crippen molar-refractivity contribution in [1.29, 1.82) is 0 Å². The van der Waals surface area contributed by atoms with Crippen LogP contribution >= 0.6 is 0 Å². The molecule has 0 radical (unpaired) electrons. The van der Waals surface area contributed by atoms with E-state index in [1.807, 2.05) is 6.08 Å². The van der Waals surface area contributed by atoms with Crippen molar-refractivity contribution in [2.24, 2.45) is 0 Å². The lowest BCUT2D eigenvalue weighted by molar-refractivity contribution is -0.379. The molecular formula is C81H127NO18. The van der Waals surface area contributed by atoms with Gasteiger partial charge >= 0.3 is 0 Å². The molecule has 0 aliphatic carbocycles. The largest absolute Gasteiger partial charge is 0.394 e. The maximum atomic E-state index is 13.4. The summed E-state index contributed by atoms with van der Waals surface area (Å²) in [5.74, 6) is -0.324. The van der Waals surface area contributed by atoms with Gasteiger partial charge in [0.25, 0.3) is 0 Å². The maximum Gasteiger partial charge on any atom is 0.220 e. The van der Waals surface area contributed by atoms with Crippen molar-refractivity contribution in [1.82, 2.24) is 5.32 Å². The summed E-state index contributed by atoms with van der Waals surface area (Å²) < 4.78 is 34.3. The Morgan fingerprint density at radius 3 is 1.11 bits per heavy atom. The third kappa shape index (κ3) is 39.5. The minimum Gasteiger partial charge on any atom is -0.394 e. The van der Waals surface area contributed by atoms with Crippen molar-refractivity contribution < 1.29 is 89.4 Å². The maximum absolute atomic E-state index is 13.4. The van der Waals surface area contributed by atoms with Gasteiger partial charge in [-0.2, -0.15) is 0 Å². The second-order valence-electron chi connectivity index (χ2n) is 25.3. The highest BCUT2D eigenvalue weighted by Gasteiger charge is 2.53. The summed E-state index contributed by atoms with van der Waals surface area (Å²) in [4.78, 5) is 13.4. The number of aliphatic hydroxyl groups is 11. The molecule has 1 amide bonds. The first-order valence-electron chi connectivity index (χ1n) is 37.0. The molecule has 564 valence electrons. The number of allylic oxidation sites excluding steroid dienone is 29. The zero-order chi connectivity index (χ0) is 72.5. The molecule has 12 N–H and O–H groups in total. The van der Waals surface area contributed by atoms with Gasteiger partial charge in [-0.05, 0) is 135 Å². The van der Waals surface area contributed by atoms with Crippen LogP contribution < -0.4 is 5.32 Å². The highest BCUT2D eigenvalue weighted by atomic mass is 16.8. The van der Waals surface area contributed by atoms with Crippen molar-refractivity contribution in [3.8, 4) is 0 Å². The number of carbonyl (C=O) groups is 1. The molecule has 19 nitrogen and oxygen atoms in total. The molecule has 0 spiro atoms. The zero-order valence-corrected chi connectivity index (χ0v) is 59.8. The Morgan fingerprint density at radius 1 is 0.370 bits per heavy atom. The fourth-order valence-electron chi connectivity index (χ4n) is 11.0. The van der Waals surface area contributed by atoms with Gasteiger partial charge in [-0.25, -0.2) is 0 Å². The van der Waals surface area contributed by atoms with Crippen LogP contribution in [0.3, 0.4) is 0 Å². The molecule has 0 aromatic carbocycles. The fraction of sp³-hybridized carbons (Fsp3) is 0.617. The molecule has 0 bridgehead atoms. The lowest BCUT2D eigenvalue weighted by atomic mass is 9.96. The van der Waals surface area contributed by atoms with E-state index in [2.05, 4.69) is 189 Å². The monoisotopic (exact) mass is 1400 g/mol. The molecule has 19 heteroatoms. The highest BCUT2D eigenvalue weighted by Crippen LogP contribution is 2.33. The molecule has 3 fully saturated rings. The first-order chi connectivity index (χ1) is 48.8. The quantitative estimate of drug-likeness (QED) is 0.0199. The SMILES string of the molecule is CC/C=C\C/C=C\C/C=C\C/C=C\C/C=C\C/C=C\C/C=C\C/C=C\C/C=C\C/C=C\C/C=C\C/C=C\CCCCCCC(=O)NC(COC1OC(CO)C(OC2OC(CO)C(OC3OC(CO)C(O)C(O)C3O)C(O)C2O)C(O)C1O)C(O)/C=C/CC/C=C/CC/C=C/CCCCCC. The minimum absolute atomic E-state index is 0.189. The third-order valence-corrected chi connectivity index (χ3v) is 16.9. The van der Waals surface area contributed by atoms with Crippen molar-refractivity contribution in [2.45, 2.75) is 291 Å². The van der Waals surface area contributed by atoms with Crippen LogP contribution in [0.5, 0.6) is 0 Å². The van der Waals surface area contributed by atoms with Gasteiger partial charge in [0.15, 0.2) is 18.9 Å². The number of ether oxygens (including phenoxy) is 6. The number of hydrogen-bond acceptors (Lipinski definition) is 18. The van der Waals surface area contributed by atoms with Crippen molar-refractivity contribution in [2.75, 3.05) is 26.4 Å². The Balaban J connectivity index is 1.37. The summed E-state index contributed by atoms with van der Waals surface area (Å²) in [6, 6.07) is -1.02. The lowest BCUT2D eigenvalue weighted by Crippen LogP contribution is -2.66. The Morgan fingerprint density at radius 2 is 0.700 bits per heavy atom. The molecular weight excluding hydrogens is 1270 g/mol. The molecule has 3 saturated heterocycles. The molecule has 3 aliphatic rings. The van der Waals surface area contributed by atoms with Crippen LogP contribution in [0.15, 0.2) is 182 Å². The topological polar surface area (TPSA) is 307 Å². The summed E-state index contributed by atoms with van der Waals surface area (Å²) in [6.45, 7) is 1.50. The second kappa shape index (κ2) is 59.3. The number of hydrogen-bond donors (Lipinski definition) is 12. The zero-order valence-electron chi connectivity index (χ0n) is 59.8. The van der Waals surface area contributed by atoms with E-state index in [0.29, 0.717) is 12.8 Å². The lowest BCUT2D eigenvalue weighted by Gasteiger charge is -2.48. The first-order valence-corrected chi connectivity index (χ1v) is 37.0. The van der Waals surface area contributed by atoms with Crippen LogP contribution in [0.1, 0.15) is 187 Å². The van der Waals surface area contributed by atoms with Gasteiger partial charge in [-0.1, -0.05) is 228 Å². The van der Waals surface area contributed by atoms with E-state index in [-0.39, 0.29) is 12.3 Å². The van der Waals surface area contributed by atoms with Crippen LogP contribution in [0.25, 0.3) is 0 Å². The summed E-state index contributed by atoms with van der Waals surface area (Å²) in [7, 11) is 0. The second-order valence-corrected chi connectivity index (χ2v) is 25.3. The number of aliphatic hydroxyl groups excluding tert-OH is 11. The number of rotatable bonds is 54. The van der Waals surface area contributed by atoms with Crippen LogP contribution in [0.2, 0.25) is 0 Å². The molecule has 17 unspecified atom stereocenters. The fourth-order valence-corrected chi connectivity index (χ4v) is 11.0. The van der Waals surface area contributed by atoms with Gasteiger partial charge in [0, 0.05) is 6.42 Å². The smallest absolute Gasteiger partial charge is 0.220 e. The number of nitrogens with one attached hydrogen (secondary N) is 1. The average Bonchev–Trinajstić information content (AvgIpc) is 0.783. The van der Waals surface area contributed by atoms with E-state index in [1.165, 1.54) is 25.7 Å². The third-order valence-electron chi connectivity index (χ3n) is 16.9. The van der Waals surface area contributed by atoms with Crippen molar-refractivity contribution in [3.63, 3.8) is 0 Å². The summed E-state index contributed by atoms with van der Waals surface area (Å²) in [5.41, 5.74) is 0. The van der Waals surface area contributed by atoms with Gasteiger partial charge in [0.1, 0.15) is 73.2 Å². The van der Waals surface area contributed by atoms with Crippen molar-refractivity contribution in [3.05, 3.63) is 182 Å². The van der Waals surface area contributed by atoms with Gasteiger partial charge in [-0.15, -0.1) is 0 Å². The van der Waals surface area contributed by atoms with E-state index in [9.17, 15) is 61.0 Å². The number of carbonyl (C=O) groups excluding carboxylic acids is 1. The Bertz CT molecular complexity index is 2520. The predicted octanol–water partition coefficient (Wildman–Crippen LogP) is 11.2. The summed E-state index contributed by atoms with van der Waals surface area (Å²) in [6.07, 6.45) is 63.1. The number of amides is 1. The van der Waals surface area contributed by atoms with E-state index in [0.717, 1.165) is 128 Å². The molecule has 100 heavy (non-hydrogen) atoms. The Hall–Kier alpha value is -5.11. The average molecular weight is 1400 g/mol. The summed E-state index contributed by atoms with van der Waals surface area (Å²) in [5, 5.41) is 120. The Kier molecular flexibility index (Phi) is 52.8. The number of unbranched alkanes of at least 4 members (excludes halogenated alkanes) is 10. The van der Waals surface area contributed by atoms with E-state index in [4.69, 9.17) is 28.4 Å². The van der Waals surface area contributed by atoms with Crippen LogP contribution in [0.4, 0.5) is 0 Å². The van der Waals surface area contributed by atoms with Gasteiger partial charge in [-0.3, -0.25) is 4.79 Å². The molecule has 3 rings (SSSR count). The van der Waals surface area contributed by atoms with Crippen LogP contribution in [-0.4, -0.2) is 193 Å². The molecule has 3 heterocycles. The molecule has 0 aromatic heterocycles. The molecule has 3 aliphatic heterocycles. The van der Waals surface area contributed by atoms with E-state index < -0.39 is 131 Å². The van der Waals surface area contributed by atoms with Gasteiger partial charge < -0.3 is 89.9 Å². The van der Waals surface area contributed by atoms with Gasteiger partial charge in [0.05, 0.1) is 38.6 Å². The standard InChI is InChI=1S/C81H127NO18/c1-3-5-7-9-11-13-15-17-19-20-21-22-23-24-25-26-27-28-29-30-31-32-33-34-35-36-37-38-39-40-41-42-43-44-45-47-49-51-53-55-57-59-69(87)82-64(65(86)58-56-54-52-50-48-46-18-16-14-12-10-8-6-4-2)63-95-79-75(93)72(90)77(67(61-84)97-79)100-81-76(94)73(91)78(68(62-85)98-81)99-80-74(92)71(89)70(88)66(60-83)96-80/h5,7,11,13-14,16-17,19,21-22,24-25,27-28,30-31,33-34,36-37,39-40,42-43,45,47-48,50,56,58,64-68,70-81,83-86,88-94H,3-4,6,8-10,12,15,18,20,23,26,29,32,35,38,41,44,46,49,51-55,57,59-63H2,1-2H3,(H,82,87)/b7-5-,13-11-,16-14+,19-17-,22-21-,25-24-,28-27-,31-30-,34-33-,37-36-,40-39-,43-42-,47-45-,50-48+,58-56+. The molecule has 0 saturated carbocycles. The van der Waals surface area contributed by atoms with Crippen molar-refractivity contribution >= 4 is 5.91 Å². The minimum atomic E-state index is -1.99. The van der Waals surface area contributed by atoms with Gasteiger partial charge in [0.2, 0.25) is 5.91 Å². The molecule has 0 aromatic rings. The van der Waals surface area contributed by atoms with E-state index >= 15 is 0 Å². The van der Waals surface area contributed by atoms with Crippen LogP contribution in [0, 0.1) is 0 Å².